The lowest BCUT2D eigenvalue weighted by Crippen LogP contribution is -2.40. The van der Waals surface area contributed by atoms with Crippen LogP contribution in [0.1, 0.15) is 17.2 Å². The monoisotopic (exact) mass is 359 g/mol. The predicted octanol–water partition coefficient (Wildman–Crippen LogP) is 2.86. The number of carbonyl (C=O) groups excluding carboxylic acids is 2. The van der Waals surface area contributed by atoms with E-state index in [-0.39, 0.29) is 11.9 Å². The van der Waals surface area contributed by atoms with E-state index in [0.29, 0.717) is 5.69 Å². The van der Waals surface area contributed by atoms with Gasteiger partial charge in [0.05, 0.1) is 29.6 Å². The molecule has 4 atom stereocenters. The van der Waals surface area contributed by atoms with Crippen LogP contribution in [-0.4, -0.2) is 22.8 Å². The number of rotatable bonds is 1. The molecule has 0 radical (unpaired) electrons. The quantitative estimate of drug-likeness (QED) is 0.735. The fourth-order valence-electron chi connectivity index (χ4n) is 4.55. The van der Waals surface area contributed by atoms with Crippen LogP contribution >= 0.6 is 0 Å². The van der Waals surface area contributed by atoms with Gasteiger partial charge in [0.1, 0.15) is 11.9 Å². The molecule has 0 unspecified atom stereocenters. The smallest absolute Gasteiger partial charge is 0.240 e. The number of halogens is 1. The lowest BCUT2D eigenvalue weighted by molar-refractivity contribution is -0.123. The number of benzene rings is 2. The van der Waals surface area contributed by atoms with E-state index >= 15 is 0 Å². The van der Waals surface area contributed by atoms with Gasteiger partial charge in [-0.1, -0.05) is 24.3 Å². The average Bonchev–Trinajstić information content (AvgIpc) is 3.15. The Morgan fingerprint density at radius 3 is 2.41 bits per heavy atom. The Morgan fingerprint density at radius 1 is 0.963 bits per heavy atom. The number of nitrogens with zero attached hydrogens (tertiary/aromatic N) is 3. The van der Waals surface area contributed by atoms with Gasteiger partial charge in [-0.2, -0.15) is 5.26 Å². The Bertz CT molecular complexity index is 1040. The first-order valence-corrected chi connectivity index (χ1v) is 8.69. The van der Waals surface area contributed by atoms with Gasteiger partial charge in [0.15, 0.2) is 0 Å². The number of hydrogen-bond donors (Lipinski definition) is 0. The highest BCUT2D eigenvalue weighted by molar-refractivity contribution is 6.23. The minimum absolute atomic E-state index is 0.337. The van der Waals surface area contributed by atoms with Crippen molar-refractivity contribution in [3.63, 3.8) is 0 Å². The summed E-state index contributed by atoms with van der Waals surface area (Å²) in [5, 5.41) is 9.74. The van der Waals surface area contributed by atoms with Gasteiger partial charge >= 0.3 is 0 Å². The lowest BCUT2D eigenvalue weighted by atomic mass is 9.85. The molecule has 2 aromatic rings. The van der Waals surface area contributed by atoms with Crippen molar-refractivity contribution in [2.24, 2.45) is 11.8 Å². The fourth-order valence-corrected chi connectivity index (χ4v) is 4.55. The van der Waals surface area contributed by atoms with Gasteiger partial charge in [-0.15, -0.1) is 0 Å². The molecular formula is C21H14FN3O2. The Morgan fingerprint density at radius 2 is 1.67 bits per heavy atom. The predicted molar refractivity (Wildman–Crippen MR) is 95.3 cm³/mol. The Kier molecular flexibility index (Phi) is 3.22. The van der Waals surface area contributed by atoms with E-state index in [0.717, 1.165) is 16.0 Å². The average molecular weight is 359 g/mol. The largest absolute Gasteiger partial charge is 0.353 e. The maximum Gasteiger partial charge on any atom is 0.240 e. The summed E-state index contributed by atoms with van der Waals surface area (Å²) in [7, 11) is 0. The number of fused-ring (bicyclic) bond motifs is 5. The van der Waals surface area contributed by atoms with Gasteiger partial charge in [0.25, 0.3) is 0 Å². The summed E-state index contributed by atoms with van der Waals surface area (Å²) in [5.41, 5.74) is 2.26. The highest BCUT2D eigenvalue weighted by atomic mass is 19.1. The van der Waals surface area contributed by atoms with Gasteiger partial charge in [-0.3, -0.25) is 9.59 Å². The first-order chi connectivity index (χ1) is 13.1. The topological polar surface area (TPSA) is 64.4 Å². The molecule has 3 aliphatic heterocycles. The lowest BCUT2D eigenvalue weighted by Gasteiger charge is -2.33. The van der Waals surface area contributed by atoms with Crippen molar-refractivity contribution in [3.8, 4) is 6.07 Å². The molecule has 0 N–H and O–H groups in total. The molecule has 0 aromatic heterocycles. The van der Waals surface area contributed by atoms with Crippen LogP contribution in [0.4, 0.5) is 10.1 Å². The maximum absolute atomic E-state index is 13.3. The molecule has 0 saturated carbocycles. The third-order valence-electron chi connectivity index (χ3n) is 5.68. The Balaban J connectivity index is 1.63. The molecule has 5 rings (SSSR count). The van der Waals surface area contributed by atoms with E-state index in [2.05, 4.69) is 6.07 Å². The Hall–Kier alpha value is -3.46. The molecule has 27 heavy (non-hydrogen) atoms. The van der Waals surface area contributed by atoms with Crippen molar-refractivity contribution in [1.29, 1.82) is 5.26 Å². The van der Waals surface area contributed by atoms with E-state index in [9.17, 15) is 19.2 Å². The van der Waals surface area contributed by atoms with Crippen LogP contribution in [0.2, 0.25) is 0 Å². The van der Waals surface area contributed by atoms with E-state index in [1.807, 2.05) is 41.4 Å². The summed E-state index contributed by atoms with van der Waals surface area (Å²) in [6.07, 6.45) is 3.71. The number of anilines is 1. The standard InChI is InChI=1S/C21H14FN3O2/c22-13-5-7-14(8-6-13)25-20(26)17-16(11-23)24-10-9-12-3-1-2-4-15(12)19(24)18(17)21(25)27/h1-10,16-19H/t16-,17-,18-,19+/m0/s1. The summed E-state index contributed by atoms with van der Waals surface area (Å²) in [5.74, 6) is -2.56. The first kappa shape index (κ1) is 15.8. The number of hydrogen-bond acceptors (Lipinski definition) is 4. The Labute approximate surface area is 154 Å². The maximum atomic E-state index is 13.3. The zero-order chi connectivity index (χ0) is 18.7. The summed E-state index contributed by atoms with van der Waals surface area (Å²) in [6.45, 7) is 0. The van der Waals surface area contributed by atoms with Crippen LogP contribution in [-0.2, 0) is 9.59 Å². The molecule has 6 heteroatoms. The van der Waals surface area contributed by atoms with Crippen LogP contribution in [0.15, 0.2) is 54.7 Å². The minimum atomic E-state index is -0.742. The molecule has 0 bridgehead atoms. The highest BCUT2D eigenvalue weighted by Crippen LogP contribution is 2.52. The van der Waals surface area contributed by atoms with Gasteiger partial charge in [-0.25, -0.2) is 9.29 Å². The second kappa shape index (κ2) is 5.52. The third kappa shape index (κ3) is 2.02. The number of carbonyl (C=O) groups is 2. The summed E-state index contributed by atoms with van der Waals surface area (Å²) in [4.78, 5) is 29.3. The third-order valence-corrected chi connectivity index (χ3v) is 5.68. The number of amides is 2. The second-order valence-corrected chi connectivity index (χ2v) is 6.95. The SMILES string of the molecule is N#C[C@H]1[C@@H]2C(=O)N(c3ccc(F)cc3)C(=O)[C@@H]2[C@H]2c3ccccc3C=CN21. The van der Waals surface area contributed by atoms with Crippen molar-refractivity contribution in [2.75, 3.05) is 4.90 Å². The summed E-state index contributed by atoms with van der Waals surface area (Å²) >= 11 is 0. The van der Waals surface area contributed by atoms with Crippen molar-refractivity contribution in [2.45, 2.75) is 12.1 Å². The highest BCUT2D eigenvalue weighted by Gasteiger charge is 2.63. The molecule has 2 saturated heterocycles. The molecule has 2 fully saturated rings. The zero-order valence-electron chi connectivity index (χ0n) is 14.1. The molecule has 132 valence electrons. The van der Waals surface area contributed by atoms with Gasteiger partial charge in [0.2, 0.25) is 11.8 Å². The van der Waals surface area contributed by atoms with Crippen molar-refractivity contribution < 1.29 is 14.0 Å². The van der Waals surface area contributed by atoms with E-state index < -0.39 is 29.6 Å². The van der Waals surface area contributed by atoms with Crippen molar-refractivity contribution >= 4 is 23.6 Å². The second-order valence-electron chi connectivity index (χ2n) is 6.95. The molecule has 5 nitrogen and oxygen atoms in total. The summed E-state index contributed by atoms with van der Waals surface area (Å²) < 4.78 is 13.3. The van der Waals surface area contributed by atoms with Gasteiger partial charge in [0, 0.05) is 6.20 Å². The normalized spacial score (nSPS) is 28.0. The van der Waals surface area contributed by atoms with E-state index in [4.69, 9.17) is 0 Å². The molecule has 3 aliphatic rings. The molecular weight excluding hydrogens is 345 g/mol. The molecule has 2 amide bonds. The van der Waals surface area contributed by atoms with Crippen LogP contribution in [0.25, 0.3) is 6.08 Å². The zero-order valence-corrected chi connectivity index (χ0v) is 14.1. The van der Waals surface area contributed by atoms with Gasteiger partial charge in [-0.05, 0) is 41.5 Å². The van der Waals surface area contributed by atoms with Crippen LogP contribution < -0.4 is 4.90 Å². The first-order valence-electron chi connectivity index (χ1n) is 8.69. The number of nitriles is 1. The van der Waals surface area contributed by atoms with Crippen LogP contribution in [0.5, 0.6) is 0 Å². The van der Waals surface area contributed by atoms with E-state index in [1.165, 1.54) is 24.3 Å². The van der Waals surface area contributed by atoms with E-state index in [1.54, 1.807) is 0 Å². The minimum Gasteiger partial charge on any atom is -0.353 e. The van der Waals surface area contributed by atoms with Gasteiger partial charge < -0.3 is 4.90 Å². The molecule has 2 aromatic carbocycles. The summed E-state index contributed by atoms with van der Waals surface area (Å²) in [6, 6.07) is 14.1. The van der Waals surface area contributed by atoms with Crippen LogP contribution in [0.3, 0.4) is 0 Å². The number of imide groups is 1. The molecule has 0 aliphatic carbocycles. The fraction of sp³-hybridized carbons (Fsp3) is 0.190. The molecule has 3 heterocycles. The van der Waals surface area contributed by atoms with Crippen LogP contribution in [0, 0.1) is 29.0 Å². The van der Waals surface area contributed by atoms with Crippen molar-refractivity contribution in [1.82, 2.24) is 4.90 Å². The van der Waals surface area contributed by atoms with Crippen molar-refractivity contribution in [3.05, 3.63) is 71.7 Å². The molecule has 0 spiro atoms.